The monoisotopic (exact) mass is 293 g/mol. The number of anilines is 1. The molecule has 2 aromatic heterocycles. The lowest BCUT2D eigenvalue weighted by atomic mass is 10.3. The van der Waals surface area contributed by atoms with Crippen molar-refractivity contribution in [1.82, 2.24) is 19.9 Å². The summed E-state index contributed by atoms with van der Waals surface area (Å²) in [7, 11) is 1.82. The van der Waals surface area contributed by atoms with E-state index >= 15 is 0 Å². The lowest BCUT2D eigenvalue weighted by Crippen LogP contribution is -2.02. The van der Waals surface area contributed by atoms with Crippen molar-refractivity contribution in [3.63, 3.8) is 0 Å². The zero-order valence-corrected chi connectivity index (χ0v) is 11.4. The molecule has 2 heterocycles. The zero-order valence-electron chi connectivity index (χ0n) is 9.82. The quantitative estimate of drug-likeness (QED) is 0.921. The molecule has 0 aliphatic rings. The predicted molar refractivity (Wildman–Crippen MR) is 69.8 cm³/mol. The largest absolute Gasteiger partial charge is 0.372 e. The molecule has 0 amide bonds. The van der Waals surface area contributed by atoms with E-state index in [9.17, 15) is 0 Å². The van der Waals surface area contributed by atoms with Crippen LogP contribution in [0.4, 0.5) is 5.82 Å². The minimum absolute atomic E-state index is 0.598. The van der Waals surface area contributed by atoms with E-state index in [1.807, 2.05) is 20.9 Å². The number of rotatable bonds is 2. The Balaban J connectivity index is 2.56. The number of halogens is 1. The Morgan fingerprint density at radius 1 is 1.18 bits per heavy atom. The number of aryl methyl sites for hydroxylation is 2. The predicted octanol–water partition coefficient (Wildman–Crippen LogP) is 2.35. The second-order valence-electron chi connectivity index (χ2n) is 3.53. The average molecular weight is 294 g/mol. The molecule has 2 aromatic rings. The Morgan fingerprint density at radius 2 is 1.94 bits per heavy atom. The van der Waals surface area contributed by atoms with E-state index in [0.717, 1.165) is 21.7 Å². The third-order valence-electron chi connectivity index (χ3n) is 2.26. The first-order chi connectivity index (χ1) is 8.11. The minimum Gasteiger partial charge on any atom is -0.372 e. The smallest absolute Gasteiger partial charge is 0.180 e. The topological polar surface area (TPSA) is 63.6 Å². The highest BCUT2D eigenvalue weighted by molar-refractivity contribution is 9.10. The van der Waals surface area contributed by atoms with Gasteiger partial charge in [0.2, 0.25) is 0 Å². The molecule has 0 unspecified atom stereocenters. The van der Waals surface area contributed by atoms with Gasteiger partial charge in [-0.15, -0.1) is 0 Å². The van der Waals surface area contributed by atoms with Gasteiger partial charge < -0.3 is 5.32 Å². The lowest BCUT2D eigenvalue weighted by molar-refractivity contribution is 1.02. The Bertz CT molecular complexity index is 556. The standard InChI is InChI=1S/C11H12BrN5/c1-6-9(12)11(13-3)17-10(15-6)8-4-5-14-7(2)16-8/h4-5H,1-3H3,(H,13,15,17). The van der Waals surface area contributed by atoms with Gasteiger partial charge in [-0.3, -0.25) is 0 Å². The molecule has 5 nitrogen and oxygen atoms in total. The molecule has 6 heteroatoms. The molecule has 0 atom stereocenters. The molecule has 0 aliphatic heterocycles. The van der Waals surface area contributed by atoms with Crippen LogP contribution in [-0.4, -0.2) is 27.0 Å². The molecule has 0 bridgehead atoms. The highest BCUT2D eigenvalue weighted by atomic mass is 79.9. The van der Waals surface area contributed by atoms with Gasteiger partial charge in [0.15, 0.2) is 5.82 Å². The normalized spacial score (nSPS) is 10.4. The summed E-state index contributed by atoms with van der Waals surface area (Å²) in [5.74, 6) is 2.06. The van der Waals surface area contributed by atoms with Gasteiger partial charge in [-0.25, -0.2) is 19.9 Å². The fourth-order valence-corrected chi connectivity index (χ4v) is 1.80. The second kappa shape index (κ2) is 4.75. The number of hydrogen-bond donors (Lipinski definition) is 1. The summed E-state index contributed by atoms with van der Waals surface area (Å²) < 4.78 is 0.870. The molecule has 88 valence electrons. The minimum atomic E-state index is 0.598. The van der Waals surface area contributed by atoms with Gasteiger partial charge in [-0.1, -0.05) is 0 Å². The highest BCUT2D eigenvalue weighted by Crippen LogP contribution is 2.25. The molecule has 17 heavy (non-hydrogen) atoms. The Kier molecular flexibility index (Phi) is 3.33. The van der Waals surface area contributed by atoms with Gasteiger partial charge in [0.25, 0.3) is 0 Å². The van der Waals surface area contributed by atoms with Crippen molar-refractivity contribution >= 4 is 21.7 Å². The van der Waals surface area contributed by atoms with Crippen LogP contribution in [0.2, 0.25) is 0 Å². The molecular weight excluding hydrogens is 282 g/mol. The maximum absolute atomic E-state index is 4.40. The zero-order chi connectivity index (χ0) is 12.4. The van der Waals surface area contributed by atoms with Crippen molar-refractivity contribution in [1.29, 1.82) is 0 Å². The molecule has 0 fully saturated rings. The van der Waals surface area contributed by atoms with Gasteiger partial charge in [-0.2, -0.15) is 0 Å². The van der Waals surface area contributed by atoms with Gasteiger partial charge in [-0.05, 0) is 35.8 Å². The fraction of sp³-hybridized carbons (Fsp3) is 0.273. The lowest BCUT2D eigenvalue weighted by Gasteiger charge is -2.08. The van der Waals surface area contributed by atoms with Crippen LogP contribution in [-0.2, 0) is 0 Å². The van der Waals surface area contributed by atoms with Crippen LogP contribution in [0.1, 0.15) is 11.5 Å². The van der Waals surface area contributed by atoms with Crippen LogP contribution in [0.5, 0.6) is 0 Å². The fourth-order valence-electron chi connectivity index (χ4n) is 1.42. The number of nitrogens with zero attached hydrogens (tertiary/aromatic N) is 4. The third kappa shape index (κ3) is 2.41. The molecule has 0 saturated carbocycles. The summed E-state index contributed by atoms with van der Waals surface area (Å²) >= 11 is 3.44. The molecular formula is C11H12BrN5. The van der Waals surface area contributed by atoms with Crippen LogP contribution in [0.3, 0.4) is 0 Å². The van der Waals surface area contributed by atoms with Crippen molar-refractivity contribution < 1.29 is 0 Å². The van der Waals surface area contributed by atoms with Crippen molar-refractivity contribution in [2.24, 2.45) is 0 Å². The SMILES string of the molecule is CNc1nc(-c2ccnc(C)n2)nc(C)c1Br. The third-order valence-corrected chi connectivity index (χ3v) is 3.21. The van der Waals surface area contributed by atoms with E-state index in [1.165, 1.54) is 0 Å². The number of aromatic nitrogens is 4. The molecule has 0 saturated heterocycles. The first kappa shape index (κ1) is 11.9. The first-order valence-electron chi connectivity index (χ1n) is 5.13. The van der Waals surface area contributed by atoms with E-state index in [-0.39, 0.29) is 0 Å². The Morgan fingerprint density at radius 3 is 2.59 bits per heavy atom. The van der Waals surface area contributed by atoms with E-state index in [4.69, 9.17) is 0 Å². The van der Waals surface area contributed by atoms with E-state index in [1.54, 1.807) is 12.3 Å². The molecule has 0 spiro atoms. The number of hydrogen-bond acceptors (Lipinski definition) is 5. The van der Waals surface area contributed by atoms with Gasteiger partial charge in [0.1, 0.15) is 17.3 Å². The van der Waals surface area contributed by atoms with E-state index in [0.29, 0.717) is 11.6 Å². The van der Waals surface area contributed by atoms with E-state index < -0.39 is 0 Å². The van der Waals surface area contributed by atoms with Crippen molar-refractivity contribution in [2.75, 3.05) is 12.4 Å². The maximum atomic E-state index is 4.40. The molecule has 1 N–H and O–H groups in total. The summed E-state index contributed by atoms with van der Waals surface area (Å²) in [6, 6.07) is 1.80. The average Bonchev–Trinajstić information content (AvgIpc) is 2.32. The summed E-state index contributed by atoms with van der Waals surface area (Å²) in [5, 5.41) is 3.02. The van der Waals surface area contributed by atoms with Crippen molar-refractivity contribution in [2.45, 2.75) is 13.8 Å². The molecule has 0 aliphatic carbocycles. The van der Waals surface area contributed by atoms with Crippen molar-refractivity contribution in [3.8, 4) is 11.5 Å². The molecule has 2 rings (SSSR count). The summed E-state index contributed by atoms with van der Waals surface area (Å²) in [5.41, 5.74) is 1.60. The number of nitrogens with one attached hydrogen (secondary N) is 1. The van der Waals surface area contributed by atoms with Crippen LogP contribution < -0.4 is 5.32 Å². The van der Waals surface area contributed by atoms with Gasteiger partial charge in [0, 0.05) is 13.2 Å². The molecule has 0 aromatic carbocycles. The summed E-state index contributed by atoms with van der Waals surface area (Å²) in [6.07, 6.45) is 1.71. The maximum Gasteiger partial charge on any atom is 0.180 e. The summed E-state index contributed by atoms with van der Waals surface area (Å²) in [6.45, 7) is 3.76. The highest BCUT2D eigenvalue weighted by Gasteiger charge is 2.10. The molecule has 0 radical (unpaired) electrons. The van der Waals surface area contributed by atoms with Crippen molar-refractivity contribution in [3.05, 3.63) is 28.3 Å². The summed E-state index contributed by atoms with van der Waals surface area (Å²) in [4.78, 5) is 17.2. The van der Waals surface area contributed by atoms with Gasteiger partial charge >= 0.3 is 0 Å². The van der Waals surface area contributed by atoms with Crippen LogP contribution >= 0.6 is 15.9 Å². The van der Waals surface area contributed by atoms with E-state index in [2.05, 4.69) is 41.2 Å². The first-order valence-corrected chi connectivity index (χ1v) is 5.93. The second-order valence-corrected chi connectivity index (χ2v) is 4.33. The van der Waals surface area contributed by atoms with Crippen LogP contribution in [0, 0.1) is 13.8 Å². The Hall–Kier alpha value is -1.56. The van der Waals surface area contributed by atoms with Gasteiger partial charge in [0.05, 0.1) is 10.2 Å². The Labute approximate surface area is 108 Å². The van der Waals surface area contributed by atoms with Crippen LogP contribution in [0.25, 0.3) is 11.5 Å². The van der Waals surface area contributed by atoms with Crippen LogP contribution in [0.15, 0.2) is 16.7 Å².